The van der Waals surface area contributed by atoms with Gasteiger partial charge in [0, 0.05) is 56.3 Å². The molecule has 1 N–H and O–H groups in total. The molecule has 11 heteroatoms. The monoisotopic (exact) mass is 524 g/mol. The van der Waals surface area contributed by atoms with Crippen molar-refractivity contribution in [2.45, 2.75) is 57.9 Å². The number of halogens is 2. The number of Topliss-reactive ketones (excluding diaryl/α,β-unsaturated/α-hetero) is 1. The van der Waals surface area contributed by atoms with Crippen molar-refractivity contribution in [3.8, 4) is 0 Å². The van der Waals surface area contributed by atoms with Gasteiger partial charge in [-0.05, 0) is 30.9 Å². The largest absolute Gasteiger partial charge is 0.396 e. The predicted molar refractivity (Wildman–Crippen MR) is 136 cm³/mol. The zero-order chi connectivity index (χ0) is 26.8. The van der Waals surface area contributed by atoms with E-state index in [1.54, 1.807) is 6.07 Å². The molecule has 5 rings (SSSR count). The lowest BCUT2D eigenvalue weighted by Crippen LogP contribution is -2.34. The van der Waals surface area contributed by atoms with E-state index < -0.39 is 11.6 Å². The Morgan fingerprint density at radius 3 is 2.66 bits per heavy atom. The summed E-state index contributed by atoms with van der Waals surface area (Å²) in [4.78, 5) is 27.3. The van der Waals surface area contributed by atoms with Crippen LogP contribution in [0.25, 0.3) is 11.0 Å². The number of rotatable bonds is 9. The molecule has 3 aromatic heterocycles. The number of aromatic nitrogens is 5. The number of ketones is 1. The highest BCUT2D eigenvalue weighted by Crippen LogP contribution is 2.32. The molecule has 200 valence electrons. The maximum absolute atomic E-state index is 15.2. The summed E-state index contributed by atoms with van der Waals surface area (Å²) in [5, 5.41) is 13.2. The Morgan fingerprint density at radius 1 is 1.18 bits per heavy atom. The number of carbonyl (C=O) groups is 1. The van der Waals surface area contributed by atoms with Gasteiger partial charge in [0.15, 0.2) is 17.4 Å². The molecule has 0 saturated carbocycles. The molecule has 38 heavy (non-hydrogen) atoms. The number of benzene rings is 1. The Kier molecular flexibility index (Phi) is 7.46. The first-order chi connectivity index (χ1) is 18.4. The molecule has 4 aromatic rings. The van der Waals surface area contributed by atoms with Crippen molar-refractivity contribution in [2.75, 3.05) is 24.6 Å². The van der Waals surface area contributed by atoms with Crippen LogP contribution in [0.3, 0.4) is 0 Å². The summed E-state index contributed by atoms with van der Waals surface area (Å²) >= 11 is 0. The second-order valence-electron chi connectivity index (χ2n) is 9.94. The SMILES string of the molecule is CC(C)c1noc(N2CCC(n3cc(F)c4c(Cc5ccc(C(=O)CCCO)cc5F)ncnc43)CC2)n1. The van der Waals surface area contributed by atoms with Gasteiger partial charge in [0.05, 0.1) is 11.1 Å². The van der Waals surface area contributed by atoms with Gasteiger partial charge in [-0.15, -0.1) is 0 Å². The van der Waals surface area contributed by atoms with Gasteiger partial charge in [-0.3, -0.25) is 4.79 Å². The standard InChI is InChI=1S/C27H30F2N6O3/c1-16(2)25-32-27(38-33-25)34-9-7-19(8-10-34)35-14-21(29)24-22(30-15-31-26(24)35)13-17-5-6-18(12-20(17)28)23(37)4-3-11-36/h5-6,12,14-16,19,36H,3-4,7-11,13H2,1-2H3. The predicted octanol–water partition coefficient (Wildman–Crippen LogP) is 4.60. The Bertz CT molecular complexity index is 1440. The Labute approximate surface area is 218 Å². The van der Waals surface area contributed by atoms with Crippen molar-refractivity contribution >= 4 is 22.8 Å². The van der Waals surface area contributed by atoms with E-state index in [9.17, 15) is 9.18 Å². The number of anilines is 1. The molecule has 1 fully saturated rings. The number of aliphatic hydroxyl groups excluding tert-OH is 1. The second kappa shape index (κ2) is 10.9. The van der Waals surface area contributed by atoms with E-state index in [1.807, 2.05) is 23.3 Å². The Hall–Kier alpha value is -3.73. The highest BCUT2D eigenvalue weighted by atomic mass is 19.1. The van der Waals surface area contributed by atoms with Crippen molar-refractivity contribution < 1.29 is 23.2 Å². The van der Waals surface area contributed by atoms with Crippen LogP contribution in [0.5, 0.6) is 0 Å². The second-order valence-corrected chi connectivity index (χ2v) is 9.94. The van der Waals surface area contributed by atoms with Gasteiger partial charge in [0.1, 0.15) is 17.8 Å². The quantitative estimate of drug-likeness (QED) is 0.316. The molecule has 1 aliphatic rings. The summed E-state index contributed by atoms with van der Waals surface area (Å²) in [6.07, 6.45) is 4.83. The van der Waals surface area contributed by atoms with Gasteiger partial charge in [0.2, 0.25) is 0 Å². The fourth-order valence-corrected chi connectivity index (χ4v) is 4.87. The smallest absolute Gasteiger partial charge is 0.324 e. The lowest BCUT2D eigenvalue weighted by Gasteiger charge is -2.31. The summed E-state index contributed by atoms with van der Waals surface area (Å²) in [6.45, 7) is 5.27. The van der Waals surface area contributed by atoms with Crippen LogP contribution in [0.1, 0.15) is 78.9 Å². The Balaban J connectivity index is 1.33. The average molecular weight is 525 g/mol. The van der Waals surface area contributed by atoms with Gasteiger partial charge in [-0.25, -0.2) is 18.7 Å². The lowest BCUT2D eigenvalue weighted by molar-refractivity contribution is 0.0971. The van der Waals surface area contributed by atoms with E-state index in [0.717, 1.165) is 12.8 Å². The molecular formula is C27H30F2N6O3. The number of fused-ring (bicyclic) bond motifs is 1. The first-order valence-corrected chi connectivity index (χ1v) is 12.9. The maximum Gasteiger partial charge on any atom is 0.324 e. The molecule has 4 heterocycles. The number of carbonyl (C=O) groups excluding carboxylic acids is 1. The van der Waals surface area contributed by atoms with E-state index in [4.69, 9.17) is 9.63 Å². The number of piperidine rings is 1. The molecule has 0 unspecified atom stereocenters. The molecule has 0 radical (unpaired) electrons. The topological polar surface area (TPSA) is 110 Å². The van der Waals surface area contributed by atoms with Gasteiger partial charge < -0.3 is 19.1 Å². The van der Waals surface area contributed by atoms with Gasteiger partial charge in [0.25, 0.3) is 0 Å². The summed E-state index contributed by atoms with van der Waals surface area (Å²) in [6, 6.07) is 4.80. The number of nitrogens with zero attached hydrogens (tertiary/aromatic N) is 6. The average Bonchev–Trinajstić information content (AvgIpc) is 3.55. The summed E-state index contributed by atoms with van der Waals surface area (Å²) in [7, 11) is 0. The zero-order valence-electron chi connectivity index (χ0n) is 21.4. The minimum absolute atomic E-state index is 0.0226. The summed E-state index contributed by atoms with van der Waals surface area (Å²) in [5.41, 5.74) is 1.41. The van der Waals surface area contributed by atoms with Gasteiger partial charge >= 0.3 is 6.01 Å². The first kappa shape index (κ1) is 25.9. The van der Waals surface area contributed by atoms with Gasteiger partial charge in [-0.1, -0.05) is 31.1 Å². The molecule has 1 saturated heterocycles. The molecule has 0 spiro atoms. The molecule has 0 atom stereocenters. The third-order valence-corrected chi connectivity index (χ3v) is 7.01. The van der Waals surface area contributed by atoms with Crippen LogP contribution >= 0.6 is 0 Å². The molecule has 1 aromatic carbocycles. The third-order valence-electron chi connectivity index (χ3n) is 7.01. The molecule has 9 nitrogen and oxygen atoms in total. The van der Waals surface area contributed by atoms with Gasteiger partial charge in [-0.2, -0.15) is 4.98 Å². The molecule has 0 bridgehead atoms. The third kappa shape index (κ3) is 5.15. The maximum atomic E-state index is 15.2. The number of hydrogen-bond acceptors (Lipinski definition) is 8. The van der Waals surface area contributed by atoms with E-state index in [2.05, 4.69) is 20.1 Å². The molecular weight excluding hydrogens is 494 g/mol. The van der Waals surface area contributed by atoms with Crippen LogP contribution in [-0.4, -0.2) is 55.3 Å². The lowest BCUT2D eigenvalue weighted by atomic mass is 10.0. The van der Waals surface area contributed by atoms with E-state index in [-0.39, 0.29) is 48.1 Å². The fourth-order valence-electron chi connectivity index (χ4n) is 4.87. The fraction of sp³-hybridized carbons (Fsp3) is 0.444. The minimum Gasteiger partial charge on any atom is -0.396 e. The molecule has 1 aliphatic heterocycles. The van der Waals surface area contributed by atoms with E-state index in [1.165, 1.54) is 24.7 Å². The minimum atomic E-state index is -0.555. The zero-order valence-corrected chi connectivity index (χ0v) is 21.4. The van der Waals surface area contributed by atoms with Crippen molar-refractivity contribution in [3.05, 3.63) is 65.0 Å². The summed E-state index contributed by atoms with van der Waals surface area (Å²) in [5.74, 6) is -0.390. The van der Waals surface area contributed by atoms with Crippen LogP contribution in [0.2, 0.25) is 0 Å². The van der Waals surface area contributed by atoms with Crippen molar-refractivity contribution in [1.29, 1.82) is 0 Å². The normalized spacial score (nSPS) is 14.6. The van der Waals surface area contributed by atoms with Crippen LogP contribution in [0.15, 0.2) is 35.2 Å². The van der Waals surface area contributed by atoms with Crippen molar-refractivity contribution in [1.82, 2.24) is 24.7 Å². The Morgan fingerprint density at radius 2 is 1.97 bits per heavy atom. The highest BCUT2D eigenvalue weighted by molar-refractivity contribution is 5.96. The molecule has 0 aliphatic carbocycles. The van der Waals surface area contributed by atoms with Crippen LogP contribution < -0.4 is 4.90 Å². The van der Waals surface area contributed by atoms with E-state index in [0.29, 0.717) is 48.3 Å². The highest BCUT2D eigenvalue weighted by Gasteiger charge is 2.27. The van der Waals surface area contributed by atoms with Crippen molar-refractivity contribution in [2.24, 2.45) is 0 Å². The first-order valence-electron chi connectivity index (χ1n) is 12.9. The number of aliphatic hydroxyl groups is 1. The van der Waals surface area contributed by atoms with Crippen LogP contribution in [0.4, 0.5) is 14.8 Å². The van der Waals surface area contributed by atoms with Crippen LogP contribution in [-0.2, 0) is 6.42 Å². The van der Waals surface area contributed by atoms with Crippen LogP contribution in [0, 0.1) is 11.6 Å². The number of hydrogen-bond donors (Lipinski definition) is 1. The molecule has 0 amide bonds. The van der Waals surface area contributed by atoms with Crippen molar-refractivity contribution in [3.63, 3.8) is 0 Å². The summed E-state index contributed by atoms with van der Waals surface area (Å²) < 4.78 is 37.4. The van der Waals surface area contributed by atoms with E-state index >= 15 is 4.39 Å².